The highest BCUT2D eigenvalue weighted by Gasteiger charge is 2.33. The van der Waals surface area contributed by atoms with Crippen LogP contribution in [-0.2, 0) is 26.2 Å². The third kappa shape index (κ3) is 7.22. The van der Waals surface area contributed by atoms with Crippen LogP contribution in [0.4, 0.5) is 5.69 Å². The molecule has 7 nitrogen and oxygen atoms in total. The van der Waals surface area contributed by atoms with Crippen molar-refractivity contribution in [2.24, 2.45) is 0 Å². The molecule has 0 aliphatic rings. The first-order valence-electron chi connectivity index (χ1n) is 12.6. The van der Waals surface area contributed by atoms with Gasteiger partial charge >= 0.3 is 0 Å². The molecular formula is C30H37N3O4S. The second-order valence-corrected chi connectivity index (χ2v) is 12.4. The number of amides is 2. The standard InChI is InChI=1S/C30H37N3O4S/c1-22-16-18-25(19-17-22)20-32(24(3)29(35)31-30(4,5)6)28(34)21-33(27-15-11-10-12-23(27)2)38(36,37)26-13-8-7-9-14-26/h7-19,24H,20-21H2,1-6H3,(H,31,35)/t24-/m1/s1. The fraction of sp³-hybridized carbons (Fsp3) is 0.333. The highest BCUT2D eigenvalue weighted by molar-refractivity contribution is 7.92. The number of benzene rings is 3. The third-order valence-electron chi connectivity index (χ3n) is 6.13. The van der Waals surface area contributed by atoms with Crippen LogP contribution < -0.4 is 9.62 Å². The molecule has 8 heteroatoms. The molecule has 0 unspecified atom stereocenters. The van der Waals surface area contributed by atoms with Crippen molar-refractivity contribution in [3.8, 4) is 0 Å². The summed E-state index contributed by atoms with van der Waals surface area (Å²) in [4.78, 5) is 28.6. The van der Waals surface area contributed by atoms with Gasteiger partial charge in [-0.25, -0.2) is 8.42 Å². The maximum Gasteiger partial charge on any atom is 0.264 e. The monoisotopic (exact) mass is 535 g/mol. The normalized spacial score (nSPS) is 12.5. The number of rotatable bonds is 9. The Hall–Kier alpha value is -3.65. The van der Waals surface area contributed by atoms with Crippen LogP contribution in [0.5, 0.6) is 0 Å². The van der Waals surface area contributed by atoms with Gasteiger partial charge in [0.25, 0.3) is 10.0 Å². The summed E-state index contributed by atoms with van der Waals surface area (Å²) in [7, 11) is -4.07. The van der Waals surface area contributed by atoms with Crippen molar-refractivity contribution in [2.75, 3.05) is 10.8 Å². The van der Waals surface area contributed by atoms with Crippen LogP contribution in [0.15, 0.2) is 83.8 Å². The van der Waals surface area contributed by atoms with E-state index < -0.39 is 34.1 Å². The van der Waals surface area contributed by atoms with Crippen molar-refractivity contribution in [2.45, 2.75) is 64.6 Å². The van der Waals surface area contributed by atoms with E-state index in [4.69, 9.17) is 0 Å². The number of nitrogens with zero attached hydrogens (tertiary/aromatic N) is 2. The quantitative estimate of drug-likeness (QED) is 0.425. The molecule has 0 bridgehead atoms. The van der Waals surface area contributed by atoms with Crippen molar-refractivity contribution in [1.82, 2.24) is 10.2 Å². The lowest BCUT2D eigenvalue weighted by Crippen LogP contribution is -2.54. The second-order valence-electron chi connectivity index (χ2n) is 10.5. The molecule has 1 atom stereocenters. The number of nitrogens with one attached hydrogen (secondary N) is 1. The molecule has 3 aromatic carbocycles. The van der Waals surface area contributed by atoms with Gasteiger partial charge in [-0.2, -0.15) is 0 Å². The average molecular weight is 536 g/mol. The van der Waals surface area contributed by atoms with Crippen molar-refractivity contribution in [3.63, 3.8) is 0 Å². The van der Waals surface area contributed by atoms with Gasteiger partial charge < -0.3 is 10.2 Å². The summed E-state index contributed by atoms with van der Waals surface area (Å²) in [5.74, 6) is -0.795. The summed E-state index contributed by atoms with van der Waals surface area (Å²) in [6, 6.07) is 22.0. The van der Waals surface area contributed by atoms with Crippen LogP contribution in [0.2, 0.25) is 0 Å². The van der Waals surface area contributed by atoms with Crippen LogP contribution in [0.3, 0.4) is 0 Å². The van der Waals surface area contributed by atoms with Crippen LogP contribution in [-0.4, -0.2) is 43.3 Å². The molecule has 0 aliphatic heterocycles. The molecule has 0 heterocycles. The molecule has 0 fully saturated rings. The number of hydrogen-bond donors (Lipinski definition) is 1. The molecule has 202 valence electrons. The van der Waals surface area contributed by atoms with Gasteiger partial charge in [0, 0.05) is 12.1 Å². The number of sulfonamides is 1. The highest BCUT2D eigenvalue weighted by atomic mass is 32.2. The van der Waals surface area contributed by atoms with Crippen LogP contribution >= 0.6 is 0 Å². The Morgan fingerprint density at radius 2 is 1.45 bits per heavy atom. The topological polar surface area (TPSA) is 86.8 Å². The van der Waals surface area contributed by atoms with Crippen molar-refractivity contribution < 1.29 is 18.0 Å². The van der Waals surface area contributed by atoms with E-state index in [0.29, 0.717) is 11.3 Å². The molecule has 3 rings (SSSR count). The maximum absolute atomic E-state index is 13.9. The van der Waals surface area contributed by atoms with Gasteiger partial charge in [-0.05, 0) is 70.9 Å². The number of hydrogen-bond acceptors (Lipinski definition) is 4. The first-order valence-corrected chi connectivity index (χ1v) is 14.0. The first kappa shape index (κ1) is 28.9. The number of anilines is 1. The van der Waals surface area contributed by atoms with Gasteiger partial charge in [0.15, 0.2) is 0 Å². The van der Waals surface area contributed by atoms with E-state index in [1.165, 1.54) is 17.0 Å². The molecule has 0 aromatic heterocycles. The minimum absolute atomic E-state index is 0.0830. The molecule has 0 aliphatic carbocycles. The lowest BCUT2D eigenvalue weighted by atomic mass is 10.1. The summed E-state index contributed by atoms with van der Waals surface area (Å²) in [6.07, 6.45) is 0. The Kier molecular flexibility index (Phi) is 8.99. The zero-order valence-corrected chi connectivity index (χ0v) is 23.7. The number of para-hydroxylation sites is 1. The Morgan fingerprint density at radius 3 is 2.03 bits per heavy atom. The van der Waals surface area contributed by atoms with Crippen LogP contribution in [0, 0.1) is 13.8 Å². The zero-order valence-electron chi connectivity index (χ0n) is 22.9. The van der Waals surface area contributed by atoms with Gasteiger partial charge in [0.1, 0.15) is 12.6 Å². The fourth-order valence-corrected chi connectivity index (χ4v) is 5.52. The lowest BCUT2D eigenvalue weighted by Gasteiger charge is -2.33. The Bertz CT molecular complexity index is 1360. The van der Waals surface area contributed by atoms with Crippen molar-refractivity contribution in [1.29, 1.82) is 0 Å². The summed E-state index contributed by atoms with van der Waals surface area (Å²) in [5, 5.41) is 2.93. The number of aryl methyl sites for hydroxylation is 2. The predicted molar refractivity (Wildman–Crippen MR) is 151 cm³/mol. The van der Waals surface area contributed by atoms with Crippen molar-refractivity contribution >= 4 is 27.5 Å². The van der Waals surface area contributed by atoms with Gasteiger partial charge in [-0.3, -0.25) is 13.9 Å². The van der Waals surface area contributed by atoms with Crippen LogP contribution in [0.1, 0.15) is 44.4 Å². The summed E-state index contributed by atoms with van der Waals surface area (Å²) in [5.41, 5.74) is 2.54. The van der Waals surface area contributed by atoms with Gasteiger partial charge in [0.05, 0.1) is 10.6 Å². The van der Waals surface area contributed by atoms with Crippen molar-refractivity contribution in [3.05, 3.63) is 95.6 Å². The predicted octanol–water partition coefficient (Wildman–Crippen LogP) is 4.83. The van der Waals surface area contributed by atoms with Gasteiger partial charge in [0.2, 0.25) is 11.8 Å². The minimum atomic E-state index is -4.07. The van der Waals surface area contributed by atoms with E-state index in [9.17, 15) is 18.0 Å². The largest absolute Gasteiger partial charge is 0.350 e. The first-order chi connectivity index (χ1) is 17.8. The molecule has 3 aromatic rings. The SMILES string of the molecule is Cc1ccc(CN(C(=O)CN(c2ccccc2C)S(=O)(=O)c2ccccc2)[C@H](C)C(=O)NC(C)(C)C)cc1. The number of carbonyl (C=O) groups excluding carboxylic acids is 2. The summed E-state index contributed by atoms with van der Waals surface area (Å²) < 4.78 is 28.7. The maximum atomic E-state index is 13.9. The Labute approximate surface area is 226 Å². The lowest BCUT2D eigenvalue weighted by molar-refractivity contribution is -0.140. The Balaban J connectivity index is 2.03. The summed E-state index contributed by atoms with van der Waals surface area (Å²) in [6.45, 7) is 10.8. The van der Waals surface area contributed by atoms with E-state index in [0.717, 1.165) is 15.4 Å². The molecule has 0 radical (unpaired) electrons. The van der Waals surface area contributed by atoms with Crippen LogP contribution in [0.25, 0.3) is 0 Å². The Morgan fingerprint density at radius 1 is 0.868 bits per heavy atom. The average Bonchev–Trinajstić information content (AvgIpc) is 2.86. The van der Waals surface area contributed by atoms with E-state index in [-0.39, 0.29) is 17.3 Å². The van der Waals surface area contributed by atoms with E-state index in [1.807, 2.05) is 58.0 Å². The third-order valence-corrected chi connectivity index (χ3v) is 7.91. The van der Waals surface area contributed by atoms with E-state index in [2.05, 4.69) is 5.32 Å². The molecule has 0 saturated heterocycles. The van der Waals surface area contributed by atoms with Gasteiger partial charge in [-0.1, -0.05) is 66.2 Å². The highest BCUT2D eigenvalue weighted by Crippen LogP contribution is 2.27. The number of carbonyl (C=O) groups is 2. The molecule has 38 heavy (non-hydrogen) atoms. The van der Waals surface area contributed by atoms with E-state index in [1.54, 1.807) is 50.2 Å². The smallest absolute Gasteiger partial charge is 0.264 e. The second kappa shape index (κ2) is 11.8. The zero-order chi connectivity index (χ0) is 28.1. The molecule has 0 saturated carbocycles. The minimum Gasteiger partial charge on any atom is -0.350 e. The molecule has 1 N–H and O–H groups in total. The molecular weight excluding hydrogens is 498 g/mol. The van der Waals surface area contributed by atoms with Gasteiger partial charge in [-0.15, -0.1) is 0 Å². The van der Waals surface area contributed by atoms with E-state index >= 15 is 0 Å². The molecule has 2 amide bonds. The summed E-state index contributed by atoms with van der Waals surface area (Å²) >= 11 is 0. The molecule has 0 spiro atoms. The fourth-order valence-electron chi connectivity index (χ4n) is 4.02.